The molecule has 0 amide bonds. The first kappa shape index (κ1) is 13.3. The van der Waals surface area contributed by atoms with Crippen molar-refractivity contribution in [3.05, 3.63) is 42.2 Å². The molecule has 2 N–H and O–H groups in total. The average Bonchev–Trinajstić information content (AvgIpc) is 2.38. The number of para-hydroxylation sites is 1. The molecule has 0 fully saturated rings. The lowest BCUT2D eigenvalue weighted by Crippen LogP contribution is -2.17. The molecule has 4 heteroatoms. The maximum atomic E-state index is 4.59. The fourth-order valence-corrected chi connectivity index (χ4v) is 1.64. The number of nitrogens with zero attached hydrogens (tertiary/aromatic N) is 2. The minimum absolute atomic E-state index is 0.0834. The zero-order chi connectivity index (χ0) is 13.9. The van der Waals surface area contributed by atoms with Gasteiger partial charge in [-0.05, 0) is 12.1 Å². The van der Waals surface area contributed by atoms with Gasteiger partial charge in [0.25, 0.3) is 0 Å². The number of hydrogen-bond acceptors (Lipinski definition) is 4. The van der Waals surface area contributed by atoms with Crippen LogP contribution < -0.4 is 10.6 Å². The number of benzene rings is 1. The molecule has 100 valence electrons. The summed E-state index contributed by atoms with van der Waals surface area (Å²) in [4.78, 5) is 9.09. The number of nitrogens with one attached hydrogen (secondary N) is 2. The molecule has 0 radical (unpaired) electrons. The summed E-state index contributed by atoms with van der Waals surface area (Å²) in [6, 6.07) is 11.9. The van der Waals surface area contributed by atoms with Gasteiger partial charge in [0.15, 0.2) is 0 Å². The van der Waals surface area contributed by atoms with Crippen LogP contribution in [0.15, 0.2) is 36.4 Å². The highest BCUT2D eigenvalue weighted by atomic mass is 15.1. The third-order valence-corrected chi connectivity index (χ3v) is 2.70. The van der Waals surface area contributed by atoms with Gasteiger partial charge in [-0.1, -0.05) is 39.0 Å². The Balaban J connectivity index is 2.35. The van der Waals surface area contributed by atoms with Gasteiger partial charge in [0.05, 0.1) is 0 Å². The maximum Gasteiger partial charge on any atom is 0.138 e. The van der Waals surface area contributed by atoms with E-state index in [0.29, 0.717) is 0 Å². The zero-order valence-electron chi connectivity index (χ0n) is 11.9. The van der Waals surface area contributed by atoms with Crippen molar-refractivity contribution < 1.29 is 0 Å². The normalized spacial score (nSPS) is 11.2. The van der Waals surface area contributed by atoms with Crippen LogP contribution in [0.25, 0.3) is 0 Å². The van der Waals surface area contributed by atoms with Crippen LogP contribution in [0.1, 0.15) is 26.6 Å². The highest BCUT2D eigenvalue weighted by molar-refractivity contribution is 5.59. The molecule has 4 nitrogen and oxygen atoms in total. The largest absolute Gasteiger partial charge is 0.373 e. The van der Waals surface area contributed by atoms with E-state index in [-0.39, 0.29) is 5.41 Å². The third-order valence-electron chi connectivity index (χ3n) is 2.70. The van der Waals surface area contributed by atoms with Gasteiger partial charge in [0.2, 0.25) is 0 Å². The Morgan fingerprint density at radius 3 is 2.16 bits per heavy atom. The van der Waals surface area contributed by atoms with Crippen molar-refractivity contribution in [1.82, 2.24) is 9.97 Å². The quantitative estimate of drug-likeness (QED) is 0.881. The molecule has 0 aliphatic rings. The van der Waals surface area contributed by atoms with Crippen LogP contribution in [0.3, 0.4) is 0 Å². The fraction of sp³-hybridized carbons (Fsp3) is 0.333. The summed E-state index contributed by atoms with van der Waals surface area (Å²) < 4.78 is 0. The second-order valence-electron chi connectivity index (χ2n) is 5.45. The predicted molar refractivity (Wildman–Crippen MR) is 80.0 cm³/mol. The number of anilines is 3. The second-order valence-corrected chi connectivity index (χ2v) is 5.45. The van der Waals surface area contributed by atoms with Crippen LogP contribution in [0, 0.1) is 0 Å². The van der Waals surface area contributed by atoms with Gasteiger partial charge in [0.1, 0.15) is 17.5 Å². The summed E-state index contributed by atoms with van der Waals surface area (Å²) >= 11 is 0. The molecular formula is C15H20N4. The van der Waals surface area contributed by atoms with E-state index < -0.39 is 0 Å². The SMILES string of the molecule is CNc1cc(Nc2ccccc2)nc(C(C)(C)C)n1. The van der Waals surface area contributed by atoms with Gasteiger partial charge in [-0.15, -0.1) is 0 Å². The smallest absolute Gasteiger partial charge is 0.138 e. The van der Waals surface area contributed by atoms with E-state index in [0.717, 1.165) is 23.1 Å². The molecule has 0 spiro atoms. The van der Waals surface area contributed by atoms with E-state index in [2.05, 4.69) is 41.4 Å². The van der Waals surface area contributed by atoms with E-state index in [1.165, 1.54) is 0 Å². The molecule has 0 bridgehead atoms. The standard InChI is InChI=1S/C15H20N4/c1-15(2,3)14-18-12(16-4)10-13(19-14)17-11-8-6-5-7-9-11/h5-10H,1-4H3,(H2,16,17,18,19). The van der Waals surface area contributed by atoms with Crippen molar-refractivity contribution in [3.8, 4) is 0 Å². The summed E-state index contributed by atoms with van der Waals surface area (Å²) in [7, 11) is 1.86. The number of aromatic nitrogens is 2. The molecule has 0 atom stereocenters. The van der Waals surface area contributed by atoms with E-state index in [9.17, 15) is 0 Å². The molecule has 1 aromatic heterocycles. The molecule has 1 heterocycles. The molecule has 2 aromatic rings. The van der Waals surface area contributed by atoms with Crippen molar-refractivity contribution in [3.63, 3.8) is 0 Å². The van der Waals surface area contributed by atoms with Crippen LogP contribution in [-0.4, -0.2) is 17.0 Å². The van der Waals surface area contributed by atoms with Crippen LogP contribution in [0.2, 0.25) is 0 Å². The van der Waals surface area contributed by atoms with Gasteiger partial charge in [-0.25, -0.2) is 9.97 Å². The Hall–Kier alpha value is -2.10. The molecule has 0 unspecified atom stereocenters. The lowest BCUT2D eigenvalue weighted by molar-refractivity contribution is 0.547. The summed E-state index contributed by atoms with van der Waals surface area (Å²) in [5.74, 6) is 2.44. The Morgan fingerprint density at radius 1 is 0.947 bits per heavy atom. The number of hydrogen-bond donors (Lipinski definition) is 2. The number of rotatable bonds is 3. The van der Waals surface area contributed by atoms with E-state index >= 15 is 0 Å². The molecule has 0 aliphatic carbocycles. The van der Waals surface area contributed by atoms with Crippen molar-refractivity contribution in [2.45, 2.75) is 26.2 Å². The van der Waals surface area contributed by atoms with Crippen molar-refractivity contribution >= 4 is 17.3 Å². The molecule has 1 aromatic carbocycles. The minimum atomic E-state index is -0.0834. The molecule has 19 heavy (non-hydrogen) atoms. The molecule has 2 rings (SSSR count). The van der Waals surface area contributed by atoms with E-state index in [1.54, 1.807) is 0 Å². The average molecular weight is 256 g/mol. The van der Waals surface area contributed by atoms with Crippen molar-refractivity contribution in [1.29, 1.82) is 0 Å². The lowest BCUT2D eigenvalue weighted by Gasteiger charge is -2.18. The third kappa shape index (κ3) is 3.44. The predicted octanol–water partition coefficient (Wildman–Crippen LogP) is 3.56. The van der Waals surface area contributed by atoms with Crippen LogP contribution in [0.5, 0.6) is 0 Å². The van der Waals surface area contributed by atoms with E-state index in [1.807, 2.05) is 43.4 Å². The van der Waals surface area contributed by atoms with Gasteiger partial charge in [-0.2, -0.15) is 0 Å². The Kier molecular flexibility index (Phi) is 3.69. The first-order valence-electron chi connectivity index (χ1n) is 6.38. The van der Waals surface area contributed by atoms with Crippen LogP contribution in [-0.2, 0) is 5.41 Å². The summed E-state index contributed by atoms with van der Waals surface area (Å²) in [5, 5.41) is 6.37. The molecule has 0 saturated heterocycles. The molecule has 0 saturated carbocycles. The molecular weight excluding hydrogens is 236 g/mol. The summed E-state index contributed by atoms with van der Waals surface area (Å²) in [6.45, 7) is 6.32. The van der Waals surface area contributed by atoms with Gasteiger partial charge >= 0.3 is 0 Å². The first-order valence-corrected chi connectivity index (χ1v) is 6.38. The van der Waals surface area contributed by atoms with Gasteiger partial charge < -0.3 is 10.6 Å². The van der Waals surface area contributed by atoms with Crippen LogP contribution in [0.4, 0.5) is 17.3 Å². The summed E-state index contributed by atoms with van der Waals surface area (Å²) in [5.41, 5.74) is 0.933. The highest BCUT2D eigenvalue weighted by Gasteiger charge is 2.19. The maximum absolute atomic E-state index is 4.59. The lowest BCUT2D eigenvalue weighted by atomic mass is 9.96. The monoisotopic (exact) mass is 256 g/mol. The van der Waals surface area contributed by atoms with Crippen molar-refractivity contribution in [2.75, 3.05) is 17.7 Å². The second kappa shape index (κ2) is 5.26. The zero-order valence-corrected chi connectivity index (χ0v) is 11.9. The van der Waals surface area contributed by atoms with Gasteiger partial charge in [0, 0.05) is 24.2 Å². The summed E-state index contributed by atoms with van der Waals surface area (Å²) in [6.07, 6.45) is 0. The topological polar surface area (TPSA) is 49.8 Å². The Bertz CT molecular complexity index is 544. The van der Waals surface area contributed by atoms with Crippen molar-refractivity contribution in [2.24, 2.45) is 0 Å². The highest BCUT2D eigenvalue weighted by Crippen LogP contribution is 2.23. The minimum Gasteiger partial charge on any atom is -0.373 e. The van der Waals surface area contributed by atoms with E-state index in [4.69, 9.17) is 0 Å². The fourth-order valence-electron chi connectivity index (χ4n) is 1.64. The molecule has 0 aliphatic heterocycles. The Labute approximate surface area is 114 Å². The van der Waals surface area contributed by atoms with Crippen LogP contribution >= 0.6 is 0 Å². The van der Waals surface area contributed by atoms with Gasteiger partial charge in [-0.3, -0.25) is 0 Å². The Morgan fingerprint density at radius 2 is 1.58 bits per heavy atom. The first-order chi connectivity index (χ1) is 8.99.